The Morgan fingerprint density at radius 3 is 2.27 bits per heavy atom. The summed E-state index contributed by atoms with van der Waals surface area (Å²) in [5, 5.41) is 3.12. The number of carbonyl (C=O) groups excluding carboxylic acids is 1. The molecule has 0 unspecified atom stereocenters. The number of aryl methyl sites for hydroxylation is 2. The zero-order valence-electron chi connectivity index (χ0n) is 15.4. The number of hydrogen-bond donors (Lipinski definition) is 1. The zero-order valence-corrected chi connectivity index (χ0v) is 15.4. The SMILES string of the molecule is CCc1cccc(CC)c1NC(=O)N1CC=C(c2ccc(F)cc2)CC1. The number of halogens is 1. The van der Waals surface area contributed by atoms with E-state index in [9.17, 15) is 9.18 Å². The summed E-state index contributed by atoms with van der Waals surface area (Å²) < 4.78 is 13.1. The molecule has 1 N–H and O–H groups in total. The van der Waals surface area contributed by atoms with E-state index in [4.69, 9.17) is 0 Å². The van der Waals surface area contributed by atoms with Crippen molar-refractivity contribution >= 4 is 17.3 Å². The first kappa shape index (κ1) is 18.2. The van der Waals surface area contributed by atoms with Crippen LogP contribution in [0.25, 0.3) is 5.57 Å². The van der Waals surface area contributed by atoms with Gasteiger partial charge in [-0.25, -0.2) is 9.18 Å². The van der Waals surface area contributed by atoms with Gasteiger partial charge in [-0.15, -0.1) is 0 Å². The van der Waals surface area contributed by atoms with E-state index < -0.39 is 0 Å². The first-order valence-corrected chi connectivity index (χ1v) is 9.24. The summed E-state index contributed by atoms with van der Waals surface area (Å²) in [6, 6.07) is 12.7. The van der Waals surface area contributed by atoms with Gasteiger partial charge in [-0.05, 0) is 53.7 Å². The molecular weight excluding hydrogens is 327 g/mol. The van der Waals surface area contributed by atoms with Gasteiger partial charge in [0, 0.05) is 18.8 Å². The molecule has 2 aromatic rings. The van der Waals surface area contributed by atoms with Crippen molar-refractivity contribution in [2.75, 3.05) is 18.4 Å². The molecule has 3 rings (SSSR count). The standard InChI is InChI=1S/C22H25FN2O/c1-3-16-6-5-7-17(4-2)21(16)24-22(26)25-14-12-19(13-15-25)18-8-10-20(23)11-9-18/h5-12H,3-4,13-15H2,1-2H3,(H,24,26). The number of anilines is 1. The summed E-state index contributed by atoms with van der Waals surface area (Å²) >= 11 is 0. The molecule has 26 heavy (non-hydrogen) atoms. The van der Waals surface area contributed by atoms with Gasteiger partial charge in [-0.1, -0.05) is 50.3 Å². The maximum atomic E-state index is 13.1. The highest BCUT2D eigenvalue weighted by Crippen LogP contribution is 2.25. The zero-order chi connectivity index (χ0) is 18.5. The minimum Gasteiger partial charge on any atom is -0.320 e. The number of amides is 2. The van der Waals surface area contributed by atoms with Gasteiger partial charge < -0.3 is 10.2 Å². The quantitative estimate of drug-likeness (QED) is 0.798. The average molecular weight is 352 g/mol. The van der Waals surface area contributed by atoms with Crippen LogP contribution in [0.1, 0.15) is 37.0 Å². The smallest absolute Gasteiger partial charge is 0.320 e. The third-order valence-corrected chi connectivity index (χ3v) is 4.94. The molecule has 1 heterocycles. The highest BCUT2D eigenvalue weighted by molar-refractivity contribution is 5.91. The molecule has 1 aliphatic heterocycles. The second-order valence-electron chi connectivity index (χ2n) is 6.52. The van der Waals surface area contributed by atoms with Crippen molar-refractivity contribution in [1.82, 2.24) is 4.90 Å². The molecule has 0 bridgehead atoms. The predicted molar refractivity (Wildman–Crippen MR) is 105 cm³/mol. The fraction of sp³-hybridized carbons (Fsp3) is 0.318. The molecule has 1 aliphatic rings. The third kappa shape index (κ3) is 3.96. The number of rotatable bonds is 4. The Balaban J connectivity index is 1.70. The van der Waals surface area contributed by atoms with Crippen molar-refractivity contribution in [3.8, 4) is 0 Å². The molecule has 2 aromatic carbocycles. The number of carbonyl (C=O) groups is 1. The van der Waals surface area contributed by atoms with Crippen LogP contribution in [0.2, 0.25) is 0 Å². The minimum atomic E-state index is -0.229. The van der Waals surface area contributed by atoms with Crippen LogP contribution < -0.4 is 5.32 Å². The lowest BCUT2D eigenvalue weighted by atomic mass is 9.99. The highest BCUT2D eigenvalue weighted by Gasteiger charge is 2.19. The van der Waals surface area contributed by atoms with Crippen molar-refractivity contribution in [3.63, 3.8) is 0 Å². The van der Waals surface area contributed by atoms with Gasteiger partial charge in [-0.3, -0.25) is 0 Å². The van der Waals surface area contributed by atoms with Crippen molar-refractivity contribution < 1.29 is 9.18 Å². The van der Waals surface area contributed by atoms with E-state index in [1.54, 1.807) is 12.1 Å². The molecule has 0 radical (unpaired) electrons. The fourth-order valence-corrected chi connectivity index (χ4v) is 3.37. The van der Waals surface area contributed by atoms with Crippen molar-refractivity contribution in [2.24, 2.45) is 0 Å². The van der Waals surface area contributed by atoms with E-state index in [2.05, 4.69) is 37.4 Å². The van der Waals surface area contributed by atoms with Crippen LogP contribution in [0.15, 0.2) is 48.5 Å². The van der Waals surface area contributed by atoms with Gasteiger partial charge in [0.05, 0.1) is 0 Å². The molecule has 4 heteroatoms. The largest absolute Gasteiger partial charge is 0.322 e. The lowest BCUT2D eigenvalue weighted by Gasteiger charge is -2.28. The maximum Gasteiger partial charge on any atom is 0.322 e. The van der Waals surface area contributed by atoms with Crippen LogP contribution in [0.5, 0.6) is 0 Å². The first-order chi connectivity index (χ1) is 12.6. The van der Waals surface area contributed by atoms with Crippen LogP contribution in [-0.2, 0) is 12.8 Å². The van der Waals surface area contributed by atoms with Gasteiger partial charge in [0.1, 0.15) is 5.82 Å². The monoisotopic (exact) mass is 352 g/mol. The van der Waals surface area contributed by atoms with Crippen LogP contribution in [-0.4, -0.2) is 24.0 Å². The van der Waals surface area contributed by atoms with Crippen LogP contribution >= 0.6 is 0 Å². The Bertz CT molecular complexity index is 789. The number of para-hydroxylation sites is 1. The van der Waals surface area contributed by atoms with E-state index >= 15 is 0 Å². The Labute approximate surface area is 154 Å². The van der Waals surface area contributed by atoms with Crippen molar-refractivity contribution in [2.45, 2.75) is 33.1 Å². The topological polar surface area (TPSA) is 32.3 Å². The highest BCUT2D eigenvalue weighted by atomic mass is 19.1. The van der Waals surface area contributed by atoms with Gasteiger partial charge in [0.2, 0.25) is 0 Å². The summed E-state index contributed by atoms with van der Waals surface area (Å²) in [5.41, 5.74) is 5.47. The molecule has 2 amide bonds. The summed E-state index contributed by atoms with van der Waals surface area (Å²) in [4.78, 5) is 14.5. The fourth-order valence-electron chi connectivity index (χ4n) is 3.37. The van der Waals surface area contributed by atoms with Gasteiger partial charge >= 0.3 is 6.03 Å². The van der Waals surface area contributed by atoms with E-state index in [-0.39, 0.29) is 11.8 Å². The molecule has 0 saturated heterocycles. The van der Waals surface area contributed by atoms with Crippen LogP contribution in [0, 0.1) is 5.82 Å². The number of urea groups is 1. The van der Waals surface area contributed by atoms with E-state index in [1.165, 1.54) is 12.1 Å². The van der Waals surface area contributed by atoms with Crippen molar-refractivity contribution in [1.29, 1.82) is 0 Å². The lowest BCUT2D eigenvalue weighted by Crippen LogP contribution is -2.38. The number of nitrogens with one attached hydrogen (secondary N) is 1. The normalized spacial score (nSPS) is 14.1. The van der Waals surface area contributed by atoms with Gasteiger partial charge in [0.15, 0.2) is 0 Å². The van der Waals surface area contributed by atoms with E-state index in [0.717, 1.165) is 47.2 Å². The molecule has 136 valence electrons. The Kier molecular flexibility index (Phi) is 5.71. The molecule has 0 aliphatic carbocycles. The minimum absolute atomic E-state index is 0.0602. The summed E-state index contributed by atoms with van der Waals surface area (Å²) in [7, 11) is 0. The maximum absolute atomic E-state index is 13.1. The second kappa shape index (κ2) is 8.17. The third-order valence-electron chi connectivity index (χ3n) is 4.94. The number of benzene rings is 2. The van der Waals surface area contributed by atoms with Gasteiger partial charge in [0.25, 0.3) is 0 Å². The van der Waals surface area contributed by atoms with Crippen molar-refractivity contribution in [3.05, 3.63) is 71.0 Å². The second-order valence-corrected chi connectivity index (χ2v) is 6.52. The molecule has 3 nitrogen and oxygen atoms in total. The number of nitrogens with zero attached hydrogens (tertiary/aromatic N) is 1. The summed E-state index contributed by atoms with van der Waals surface area (Å²) in [6.45, 7) is 5.42. The molecule has 0 fully saturated rings. The van der Waals surface area contributed by atoms with Gasteiger partial charge in [-0.2, -0.15) is 0 Å². The molecule has 0 saturated carbocycles. The first-order valence-electron chi connectivity index (χ1n) is 9.24. The Morgan fingerprint density at radius 1 is 1.08 bits per heavy atom. The molecule has 0 atom stereocenters. The Morgan fingerprint density at radius 2 is 1.73 bits per heavy atom. The van der Waals surface area contributed by atoms with Crippen LogP contribution in [0.4, 0.5) is 14.9 Å². The van der Waals surface area contributed by atoms with E-state index in [0.29, 0.717) is 13.1 Å². The lowest BCUT2D eigenvalue weighted by molar-refractivity contribution is 0.217. The summed E-state index contributed by atoms with van der Waals surface area (Å²) in [6.07, 6.45) is 4.61. The van der Waals surface area contributed by atoms with Crippen LogP contribution in [0.3, 0.4) is 0 Å². The molecule has 0 aromatic heterocycles. The Hall–Kier alpha value is -2.62. The van der Waals surface area contributed by atoms with E-state index in [1.807, 2.05) is 11.0 Å². The average Bonchev–Trinajstić information content (AvgIpc) is 2.68. The molecule has 0 spiro atoms. The summed E-state index contributed by atoms with van der Waals surface area (Å²) in [5.74, 6) is -0.229. The number of hydrogen-bond acceptors (Lipinski definition) is 1. The predicted octanol–water partition coefficient (Wildman–Crippen LogP) is 5.27. The molecular formula is C22H25FN2O.